The number of allylic oxidation sites excluding steroid dienone is 3. The monoisotopic (exact) mass is 483 g/mol. The molecular weight excluding hydrogens is 443 g/mol. The maximum Gasteiger partial charge on any atom is 0.522 e. The number of fused-ring (bicyclic) bond motifs is 1. The summed E-state index contributed by atoms with van der Waals surface area (Å²) in [5.74, 6) is 1.50. The Morgan fingerprint density at radius 2 is 1.88 bits per heavy atom. The van der Waals surface area contributed by atoms with E-state index in [1.807, 2.05) is 0 Å². The quantitative estimate of drug-likeness (QED) is 0.516. The fourth-order valence-corrected chi connectivity index (χ4v) is 7.42. The lowest BCUT2D eigenvalue weighted by Crippen LogP contribution is -2.39. The Balaban J connectivity index is 1.39. The van der Waals surface area contributed by atoms with E-state index in [4.69, 9.17) is 0 Å². The summed E-state index contributed by atoms with van der Waals surface area (Å²) in [7, 11) is 0. The van der Waals surface area contributed by atoms with Crippen molar-refractivity contribution in [2.75, 3.05) is 19.6 Å². The number of halogens is 3. The van der Waals surface area contributed by atoms with Crippen LogP contribution in [0.15, 0.2) is 35.5 Å². The number of aliphatic hydroxyl groups excluding tert-OH is 2. The second kappa shape index (κ2) is 10.1. The van der Waals surface area contributed by atoms with Crippen molar-refractivity contribution in [3.63, 3.8) is 0 Å². The molecule has 2 N–H and O–H groups in total. The number of hydrogen-bond donors (Lipinski definition) is 2. The molecule has 192 valence electrons. The summed E-state index contributed by atoms with van der Waals surface area (Å²) in [6.45, 7) is 10.3. The number of hydrogen-bond acceptors (Lipinski definition) is 4. The topological polar surface area (TPSA) is 52.9 Å². The lowest BCUT2D eigenvalue weighted by Gasteiger charge is -2.45. The molecule has 1 heterocycles. The average Bonchev–Trinajstić information content (AvgIpc) is 3.32. The SMILES string of the molecule is C=C1[C@H](O)CC(=C/C=C2\CCC[C@]3(C)[C@@H]([C@H](C)CN4CC[C@@H](OC(F)(F)F)C4)CC[C@@H]23)C[C@H]1O. The normalized spacial score (nSPS) is 39.5. The molecule has 0 bridgehead atoms. The van der Waals surface area contributed by atoms with E-state index in [2.05, 4.69) is 42.2 Å². The van der Waals surface area contributed by atoms with Gasteiger partial charge in [-0.25, -0.2) is 0 Å². The van der Waals surface area contributed by atoms with Crippen LogP contribution in [0.1, 0.15) is 65.2 Å². The molecule has 3 saturated carbocycles. The molecule has 0 radical (unpaired) electrons. The third-order valence-corrected chi connectivity index (χ3v) is 9.10. The van der Waals surface area contributed by atoms with Crippen molar-refractivity contribution in [3.8, 4) is 0 Å². The number of ether oxygens (including phenoxy) is 1. The minimum absolute atomic E-state index is 0.212. The van der Waals surface area contributed by atoms with Crippen LogP contribution in [-0.4, -0.2) is 59.4 Å². The lowest BCUT2D eigenvalue weighted by molar-refractivity contribution is -0.340. The second-order valence-corrected chi connectivity index (χ2v) is 11.4. The van der Waals surface area contributed by atoms with E-state index >= 15 is 0 Å². The predicted octanol–water partition coefficient (Wildman–Crippen LogP) is 5.37. The molecule has 7 atom stereocenters. The number of likely N-dealkylation sites (tertiary alicyclic amines) is 1. The van der Waals surface area contributed by atoms with Gasteiger partial charge < -0.3 is 15.1 Å². The first-order valence-corrected chi connectivity index (χ1v) is 12.9. The molecule has 7 heteroatoms. The Bertz CT molecular complexity index is 806. The minimum atomic E-state index is -4.56. The van der Waals surface area contributed by atoms with Gasteiger partial charge in [0, 0.05) is 19.6 Å². The second-order valence-electron chi connectivity index (χ2n) is 11.4. The predicted molar refractivity (Wildman–Crippen MR) is 126 cm³/mol. The minimum Gasteiger partial charge on any atom is -0.388 e. The van der Waals surface area contributed by atoms with E-state index in [1.54, 1.807) is 0 Å². The van der Waals surface area contributed by atoms with Gasteiger partial charge in [0.25, 0.3) is 0 Å². The van der Waals surface area contributed by atoms with Crippen LogP contribution in [0.2, 0.25) is 0 Å². The van der Waals surface area contributed by atoms with Crippen LogP contribution in [0.25, 0.3) is 0 Å². The molecule has 3 aliphatic carbocycles. The molecule has 4 fully saturated rings. The summed E-state index contributed by atoms with van der Waals surface area (Å²) in [5, 5.41) is 20.3. The molecular formula is C27H40F3NO3. The van der Waals surface area contributed by atoms with Crippen molar-refractivity contribution in [1.82, 2.24) is 4.90 Å². The van der Waals surface area contributed by atoms with E-state index in [9.17, 15) is 23.4 Å². The van der Waals surface area contributed by atoms with E-state index < -0.39 is 24.7 Å². The van der Waals surface area contributed by atoms with Gasteiger partial charge in [-0.15, -0.1) is 13.2 Å². The third kappa shape index (κ3) is 5.63. The Morgan fingerprint density at radius 1 is 1.18 bits per heavy atom. The number of nitrogens with zero attached hydrogens (tertiary/aromatic N) is 1. The highest BCUT2D eigenvalue weighted by molar-refractivity contribution is 5.29. The average molecular weight is 484 g/mol. The van der Waals surface area contributed by atoms with Crippen molar-refractivity contribution < 1.29 is 28.1 Å². The van der Waals surface area contributed by atoms with Crippen molar-refractivity contribution >= 4 is 0 Å². The van der Waals surface area contributed by atoms with Gasteiger partial charge in [-0.05, 0) is 80.1 Å². The van der Waals surface area contributed by atoms with Crippen LogP contribution >= 0.6 is 0 Å². The molecule has 1 saturated heterocycles. The maximum absolute atomic E-state index is 12.6. The molecule has 0 spiro atoms. The highest BCUT2D eigenvalue weighted by Gasteiger charge is 2.51. The highest BCUT2D eigenvalue weighted by atomic mass is 19.4. The molecule has 4 nitrogen and oxygen atoms in total. The van der Waals surface area contributed by atoms with Crippen LogP contribution in [0, 0.1) is 23.2 Å². The Kier molecular flexibility index (Phi) is 7.68. The van der Waals surface area contributed by atoms with E-state index in [1.165, 1.54) is 12.0 Å². The molecule has 0 unspecified atom stereocenters. The van der Waals surface area contributed by atoms with Crippen molar-refractivity contribution in [3.05, 3.63) is 35.5 Å². The molecule has 4 rings (SSSR count). The van der Waals surface area contributed by atoms with Gasteiger partial charge in [0.2, 0.25) is 0 Å². The molecule has 0 aromatic heterocycles. The van der Waals surface area contributed by atoms with Crippen molar-refractivity contribution in [2.24, 2.45) is 23.2 Å². The van der Waals surface area contributed by atoms with Gasteiger partial charge in [-0.2, -0.15) is 0 Å². The number of rotatable bonds is 5. The fourth-order valence-electron chi connectivity index (χ4n) is 7.42. The van der Waals surface area contributed by atoms with Gasteiger partial charge in [0.1, 0.15) is 0 Å². The van der Waals surface area contributed by atoms with Gasteiger partial charge in [-0.1, -0.05) is 43.7 Å². The van der Waals surface area contributed by atoms with Gasteiger partial charge >= 0.3 is 6.36 Å². The summed E-state index contributed by atoms with van der Waals surface area (Å²) in [4.78, 5) is 2.15. The van der Waals surface area contributed by atoms with Crippen LogP contribution < -0.4 is 0 Å². The van der Waals surface area contributed by atoms with Crippen molar-refractivity contribution in [1.29, 1.82) is 0 Å². The largest absolute Gasteiger partial charge is 0.522 e. The molecule has 0 aromatic carbocycles. The molecule has 0 aromatic rings. The Morgan fingerprint density at radius 3 is 2.56 bits per heavy atom. The smallest absolute Gasteiger partial charge is 0.388 e. The number of alkyl halides is 3. The first-order chi connectivity index (χ1) is 16.0. The third-order valence-electron chi connectivity index (χ3n) is 9.10. The van der Waals surface area contributed by atoms with Crippen LogP contribution in [0.3, 0.4) is 0 Å². The zero-order chi connectivity index (χ0) is 24.7. The molecule has 1 aliphatic heterocycles. The van der Waals surface area contributed by atoms with Crippen LogP contribution in [0.4, 0.5) is 13.2 Å². The zero-order valence-corrected chi connectivity index (χ0v) is 20.5. The van der Waals surface area contributed by atoms with Crippen molar-refractivity contribution in [2.45, 2.75) is 89.9 Å². The maximum atomic E-state index is 12.6. The highest BCUT2D eigenvalue weighted by Crippen LogP contribution is 2.59. The summed E-state index contributed by atoms with van der Waals surface area (Å²) in [5.41, 5.74) is 3.27. The zero-order valence-electron chi connectivity index (χ0n) is 20.5. The van der Waals surface area contributed by atoms with E-state index in [-0.39, 0.29) is 5.41 Å². The van der Waals surface area contributed by atoms with Crippen LogP contribution in [0.5, 0.6) is 0 Å². The van der Waals surface area contributed by atoms with Gasteiger partial charge in [-0.3, -0.25) is 4.74 Å². The molecule has 4 aliphatic rings. The standard InChI is InChI=1S/C27H40F3NO3/c1-17(15-31-12-10-21(16-31)34-27(28,29)30)22-8-9-23-20(5-4-11-26(22,23)3)7-6-19-13-24(32)18(2)25(33)14-19/h6-7,17,21-25,32-33H,2,4-5,8-16H2,1,3H3/b20-7+/t17-,21-,22-,23+,24-,25-,26-/m1/s1. The first-order valence-electron chi connectivity index (χ1n) is 12.9. The fraction of sp³-hybridized carbons (Fsp3) is 0.778. The number of aliphatic hydroxyl groups is 2. The Labute approximate surface area is 201 Å². The van der Waals surface area contributed by atoms with Crippen LogP contribution in [-0.2, 0) is 4.74 Å². The summed E-state index contributed by atoms with van der Waals surface area (Å²) in [6.07, 6.45) is 4.97. The summed E-state index contributed by atoms with van der Waals surface area (Å²) in [6, 6.07) is 0. The van der Waals surface area contributed by atoms with E-state index in [0.717, 1.165) is 37.8 Å². The van der Waals surface area contributed by atoms with Gasteiger partial charge in [0.05, 0.1) is 18.3 Å². The van der Waals surface area contributed by atoms with E-state index in [0.29, 0.717) is 55.7 Å². The lowest BCUT2D eigenvalue weighted by atomic mass is 9.61. The Hall–Kier alpha value is -1.15. The summed E-state index contributed by atoms with van der Waals surface area (Å²) >= 11 is 0. The molecule has 0 amide bonds. The first kappa shape index (κ1) is 25.9. The molecule has 34 heavy (non-hydrogen) atoms. The van der Waals surface area contributed by atoms with Gasteiger partial charge in [0.15, 0.2) is 0 Å². The summed E-state index contributed by atoms with van der Waals surface area (Å²) < 4.78 is 42.0.